The maximum Gasteiger partial charge on any atom is 0.263 e. The van der Waals surface area contributed by atoms with Crippen LogP contribution in [0.4, 0.5) is 5.82 Å². The Morgan fingerprint density at radius 3 is 2.32 bits per heavy atom. The highest BCUT2D eigenvalue weighted by atomic mass is 32.2. The van der Waals surface area contributed by atoms with Crippen molar-refractivity contribution in [3.8, 4) is 28.9 Å². The first-order chi connectivity index (χ1) is 15.1. The van der Waals surface area contributed by atoms with Crippen LogP contribution in [0.15, 0.2) is 64.1 Å². The summed E-state index contributed by atoms with van der Waals surface area (Å²) in [5.74, 6) is 2.37. The molecule has 0 spiro atoms. The van der Waals surface area contributed by atoms with Gasteiger partial charge in [-0.2, -0.15) is 4.72 Å². The molecule has 4 rings (SSSR count). The van der Waals surface area contributed by atoms with Crippen molar-refractivity contribution >= 4 is 28.1 Å². The van der Waals surface area contributed by atoms with Crippen molar-refractivity contribution in [3.63, 3.8) is 0 Å². The van der Waals surface area contributed by atoms with Crippen LogP contribution in [0.5, 0.6) is 28.9 Å². The number of methoxy groups -OCH3 is 3. The highest BCUT2D eigenvalue weighted by Crippen LogP contribution is 2.39. The number of fused-ring (bicyclic) bond motifs is 1. The Bertz CT molecular complexity index is 1160. The van der Waals surface area contributed by atoms with Gasteiger partial charge >= 0.3 is 0 Å². The molecule has 0 radical (unpaired) electrons. The molecular formula is C21H19N3O6S. The van der Waals surface area contributed by atoms with Crippen molar-refractivity contribution in [2.24, 2.45) is 0 Å². The smallest absolute Gasteiger partial charge is 0.263 e. The predicted octanol–water partition coefficient (Wildman–Crippen LogP) is 4.18. The highest BCUT2D eigenvalue weighted by molar-refractivity contribution is 7.93. The average Bonchev–Trinajstić information content (AvgIpc) is 3.21. The first-order valence-corrected chi connectivity index (χ1v) is 10.2. The Hall–Kier alpha value is -3.63. The third-order valence-corrected chi connectivity index (χ3v) is 5.50. The molecule has 2 aromatic heterocycles. The molecule has 4 aromatic rings. The molecule has 0 aliphatic rings. The van der Waals surface area contributed by atoms with E-state index in [4.69, 9.17) is 23.5 Å². The second-order valence-corrected chi connectivity index (χ2v) is 7.31. The monoisotopic (exact) mass is 441 g/mol. The molecule has 1 N–H and O–H groups in total. The minimum absolute atomic E-state index is 0.238. The van der Waals surface area contributed by atoms with Gasteiger partial charge in [-0.15, -0.1) is 0 Å². The molecule has 1 atom stereocenters. The molecule has 2 aromatic carbocycles. The molecule has 0 saturated heterocycles. The summed E-state index contributed by atoms with van der Waals surface area (Å²) in [6.45, 7) is 0. The normalized spacial score (nSPS) is 11.7. The van der Waals surface area contributed by atoms with Gasteiger partial charge < -0.3 is 28.0 Å². The Kier molecular flexibility index (Phi) is 6.01. The quantitative estimate of drug-likeness (QED) is 0.403. The fourth-order valence-corrected chi connectivity index (χ4v) is 4.05. The van der Waals surface area contributed by atoms with E-state index in [0.717, 1.165) is 0 Å². The number of nitrogens with one attached hydrogen (secondary N) is 1. The van der Waals surface area contributed by atoms with E-state index in [0.29, 0.717) is 44.7 Å². The lowest BCUT2D eigenvalue weighted by atomic mass is 10.2. The van der Waals surface area contributed by atoms with Crippen molar-refractivity contribution in [1.29, 1.82) is 0 Å². The van der Waals surface area contributed by atoms with E-state index in [9.17, 15) is 4.55 Å². The molecule has 0 aliphatic heterocycles. The average molecular weight is 441 g/mol. The van der Waals surface area contributed by atoms with Crippen molar-refractivity contribution in [1.82, 2.24) is 10.1 Å². The second kappa shape index (κ2) is 9.02. The van der Waals surface area contributed by atoms with E-state index in [1.165, 1.54) is 21.3 Å². The topological polar surface area (TPSA) is 111 Å². The molecule has 0 fully saturated rings. The van der Waals surface area contributed by atoms with Crippen LogP contribution in [-0.2, 0) is 11.4 Å². The van der Waals surface area contributed by atoms with E-state index < -0.39 is 11.4 Å². The Labute approximate surface area is 181 Å². The number of rotatable bonds is 8. The van der Waals surface area contributed by atoms with Gasteiger partial charge in [0.05, 0.1) is 21.3 Å². The molecule has 160 valence electrons. The lowest BCUT2D eigenvalue weighted by molar-refractivity contribution is 0.373. The number of nitrogens with zero attached hydrogens (tertiary/aromatic N) is 2. The van der Waals surface area contributed by atoms with Gasteiger partial charge in [-0.25, -0.2) is 4.98 Å². The maximum absolute atomic E-state index is 13.1. The van der Waals surface area contributed by atoms with Crippen molar-refractivity contribution in [2.45, 2.75) is 4.90 Å². The maximum atomic E-state index is 13.1. The first-order valence-electron chi connectivity index (χ1n) is 9.10. The molecule has 0 saturated carbocycles. The third-order valence-electron chi connectivity index (χ3n) is 4.35. The van der Waals surface area contributed by atoms with Crippen LogP contribution in [0, 0.1) is 0 Å². The van der Waals surface area contributed by atoms with Crippen LogP contribution < -0.4 is 23.7 Å². The SMILES string of the molecule is COc1cccc(OC)c1[S+]([O-])Nc1noc2cc(Oc3ccccn3)cc(OC)c12. The highest BCUT2D eigenvalue weighted by Gasteiger charge is 2.27. The third kappa shape index (κ3) is 4.16. The van der Waals surface area contributed by atoms with E-state index in [1.54, 1.807) is 48.7 Å². The molecule has 10 heteroatoms. The largest absolute Gasteiger partial charge is 0.588 e. The molecule has 31 heavy (non-hydrogen) atoms. The van der Waals surface area contributed by atoms with Crippen LogP contribution in [0.25, 0.3) is 11.0 Å². The summed E-state index contributed by atoms with van der Waals surface area (Å²) in [5.41, 5.74) is 0.386. The van der Waals surface area contributed by atoms with Crippen LogP contribution in [0.2, 0.25) is 0 Å². The van der Waals surface area contributed by atoms with Gasteiger partial charge in [0, 0.05) is 24.4 Å². The molecule has 0 amide bonds. The number of hydrogen-bond acceptors (Lipinski definition) is 9. The summed E-state index contributed by atoms with van der Waals surface area (Å²) < 4.78 is 43.3. The van der Waals surface area contributed by atoms with Gasteiger partial charge in [-0.3, -0.25) is 0 Å². The van der Waals surface area contributed by atoms with Crippen molar-refractivity contribution in [2.75, 3.05) is 26.1 Å². The summed E-state index contributed by atoms with van der Waals surface area (Å²) in [6, 6.07) is 13.8. The molecule has 9 nitrogen and oxygen atoms in total. The van der Waals surface area contributed by atoms with E-state index >= 15 is 0 Å². The van der Waals surface area contributed by atoms with Gasteiger partial charge in [0.15, 0.2) is 17.1 Å². The fraction of sp³-hybridized carbons (Fsp3) is 0.143. The molecular weight excluding hydrogens is 422 g/mol. The number of pyridine rings is 1. The van der Waals surface area contributed by atoms with Crippen LogP contribution in [-0.4, -0.2) is 36.0 Å². The molecule has 0 bridgehead atoms. The molecule has 2 heterocycles. The minimum Gasteiger partial charge on any atom is -0.588 e. The zero-order chi connectivity index (χ0) is 21.8. The van der Waals surface area contributed by atoms with Gasteiger partial charge in [-0.05, 0) is 18.2 Å². The van der Waals surface area contributed by atoms with Gasteiger partial charge in [-0.1, -0.05) is 17.3 Å². The van der Waals surface area contributed by atoms with Crippen molar-refractivity contribution in [3.05, 3.63) is 54.7 Å². The number of aromatic nitrogens is 2. The number of hydrogen-bond donors (Lipinski definition) is 1. The van der Waals surface area contributed by atoms with Gasteiger partial charge in [0.2, 0.25) is 11.7 Å². The minimum atomic E-state index is -1.76. The number of anilines is 1. The number of benzene rings is 2. The van der Waals surface area contributed by atoms with Crippen LogP contribution >= 0.6 is 0 Å². The van der Waals surface area contributed by atoms with E-state index in [-0.39, 0.29) is 5.82 Å². The lowest BCUT2D eigenvalue weighted by Gasteiger charge is -2.15. The summed E-state index contributed by atoms with van der Waals surface area (Å²) in [4.78, 5) is 4.48. The zero-order valence-corrected chi connectivity index (χ0v) is 17.8. The van der Waals surface area contributed by atoms with Crippen molar-refractivity contribution < 1.29 is 28.0 Å². The standard InChI is InChI=1S/C21H19N3O6S/c1-26-14-7-6-8-15(27-2)20(14)31(25)24-21-19-16(28-3)11-13(12-17(19)30-23-21)29-18-9-4-5-10-22-18/h4-12H,1-3H3,(H,23,24). The van der Waals surface area contributed by atoms with Gasteiger partial charge in [0.25, 0.3) is 4.90 Å². The molecule has 1 unspecified atom stereocenters. The summed E-state index contributed by atoms with van der Waals surface area (Å²) >= 11 is -1.76. The second-order valence-electron chi connectivity index (χ2n) is 6.16. The first kappa shape index (κ1) is 20.6. The van der Waals surface area contributed by atoms with E-state index in [2.05, 4.69) is 14.9 Å². The fourth-order valence-electron chi connectivity index (χ4n) is 2.97. The molecule has 0 aliphatic carbocycles. The number of ether oxygens (including phenoxy) is 4. The summed E-state index contributed by atoms with van der Waals surface area (Å²) in [5, 5.41) is 4.53. The lowest BCUT2D eigenvalue weighted by Crippen LogP contribution is -2.15. The predicted molar refractivity (Wildman–Crippen MR) is 114 cm³/mol. The summed E-state index contributed by atoms with van der Waals surface area (Å²) in [7, 11) is 4.50. The van der Waals surface area contributed by atoms with Crippen LogP contribution in [0.1, 0.15) is 0 Å². The summed E-state index contributed by atoms with van der Waals surface area (Å²) in [6.07, 6.45) is 1.63. The zero-order valence-electron chi connectivity index (χ0n) is 16.9. The Morgan fingerprint density at radius 2 is 1.68 bits per heavy atom. The van der Waals surface area contributed by atoms with E-state index in [1.807, 2.05) is 6.07 Å². The van der Waals surface area contributed by atoms with Crippen LogP contribution in [0.3, 0.4) is 0 Å². The van der Waals surface area contributed by atoms with Gasteiger partial charge in [0.1, 0.15) is 28.2 Å². The Morgan fingerprint density at radius 1 is 0.935 bits per heavy atom. The Balaban J connectivity index is 1.68.